The first-order valence-corrected chi connectivity index (χ1v) is 9.02. The third-order valence-electron chi connectivity index (χ3n) is 2.99. The van der Waals surface area contributed by atoms with Gasteiger partial charge < -0.3 is 4.74 Å². The number of benzene rings is 1. The second kappa shape index (κ2) is 7.87. The van der Waals surface area contributed by atoms with Gasteiger partial charge in [0.05, 0.1) is 12.8 Å². The van der Waals surface area contributed by atoms with Crippen molar-refractivity contribution in [3.8, 4) is 5.75 Å². The smallest absolute Gasteiger partial charge is 0.494 e. The summed E-state index contributed by atoms with van der Waals surface area (Å²) in [6.45, 7) is 3.87. The minimum absolute atomic E-state index is 0.745. The molecule has 1 aromatic heterocycles. The van der Waals surface area contributed by atoms with Gasteiger partial charge in [-0.25, -0.2) is 0 Å². The van der Waals surface area contributed by atoms with Crippen molar-refractivity contribution in [1.82, 2.24) is 10.1 Å². The van der Waals surface area contributed by atoms with Gasteiger partial charge >= 0.3 is 7.07 Å². The maximum absolute atomic E-state index is 5.79. The van der Waals surface area contributed by atoms with Crippen molar-refractivity contribution in [2.45, 2.75) is 13.8 Å². The number of methoxy groups -OCH3 is 1. The van der Waals surface area contributed by atoms with Gasteiger partial charge in [0.2, 0.25) is 11.8 Å². The lowest BCUT2D eigenvalue weighted by Crippen LogP contribution is -2.07. The SMILES string of the molecule is CO/C(=C(\C)N[P+](=S)Oc1ccncc1C)c1ccccc1. The van der Waals surface area contributed by atoms with E-state index in [1.54, 1.807) is 19.5 Å². The lowest BCUT2D eigenvalue weighted by molar-refractivity contribution is 0.365. The quantitative estimate of drug-likeness (QED) is 0.635. The zero-order valence-electron chi connectivity index (χ0n) is 12.7. The number of nitrogens with one attached hydrogen (secondary N) is 1. The summed E-state index contributed by atoms with van der Waals surface area (Å²) in [5.41, 5.74) is 2.80. The molecule has 0 aliphatic carbocycles. The fraction of sp³-hybridized carbons (Fsp3) is 0.188. The van der Waals surface area contributed by atoms with Gasteiger partial charge in [-0.1, -0.05) is 30.3 Å². The maximum Gasteiger partial charge on any atom is 0.519 e. The Balaban J connectivity index is 2.13. The van der Waals surface area contributed by atoms with Crippen LogP contribution in [0.25, 0.3) is 5.76 Å². The van der Waals surface area contributed by atoms with E-state index in [-0.39, 0.29) is 0 Å². The second-order valence-corrected chi connectivity index (χ2v) is 6.54. The first-order chi connectivity index (χ1) is 10.6. The van der Waals surface area contributed by atoms with E-state index in [1.165, 1.54) is 0 Å². The summed E-state index contributed by atoms with van der Waals surface area (Å²) in [5, 5.41) is 3.20. The molecule has 2 aromatic rings. The second-order valence-electron chi connectivity index (χ2n) is 4.63. The molecule has 1 heterocycles. The molecule has 0 radical (unpaired) electrons. The molecule has 22 heavy (non-hydrogen) atoms. The number of aryl methyl sites for hydroxylation is 1. The van der Waals surface area contributed by atoms with Gasteiger partial charge in [-0.15, -0.1) is 0 Å². The van der Waals surface area contributed by atoms with Gasteiger partial charge in [0.15, 0.2) is 5.75 Å². The largest absolute Gasteiger partial charge is 0.519 e. The predicted molar refractivity (Wildman–Crippen MR) is 93.1 cm³/mol. The highest BCUT2D eigenvalue weighted by Gasteiger charge is 2.18. The number of rotatable bonds is 6. The van der Waals surface area contributed by atoms with Gasteiger partial charge in [-0.3, -0.25) is 9.51 Å². The van der Waals surface area contributed by atoms with Gasteiger partial charge in [-0.2, -0.15) is 5.09 Å². The summed E-state index contributed by atoms with van der Waals surface area (Å²) in [6, 6.07) is 11.7. The van der Waals surface area contributed by atoms with E-state index in [0.717, 1.165) is 28.3 Å². The minimum Gasteiger partial charge on any atom is -0.494 e. The molecule has 0 saturated heterocycles. The van der Waals surface area contributed by atoms with Crippen LogP contribution in [0.15, 0.2) is 54.5 Å². The zero-order chi connectivity index (χ0) is 15.9. The van der Waals surface area contributed by atoms with Gasteiger partial charge in [0.25, 0.3) is 0 Å². The molecule has 6 heteroatoms. The zero-order valence-corrected chi connectivity index (χ0v) is 14.4. The van der Waals surface area contributed by atoms with E-state index in [4.69, 9.17) is 21.1 Å². The molecule has 4 nitrogen and oxygen atoms in total. The van der Waals surface area contributed by atoms with E-state index >= 15 is 0 Å². The van der Waals surface area contributed by atoms with Crippen LogP contribution in [0.5, 0.6) is 5.75 Å². The highest BCUT2D eigenvalue weighted by molar-refractivity contribution is 8.02. The average Bonchev–Trinajstić information content (AvgIpc) is 2.51. The van der Waals surface area contributed by atoms with Crippen LogP contribution in [0.4, 0.5) is 0 Å². The molecule has 0 aliphatic rings. The van der Waals surface area contributed by atoms with E-state index in [1.807, 2.05) is 50.2 Å². The topological polar surface area (TPSA) is 43.4 Å². The molecule has 0 amide bonds. The lowest BCUT2D eigenvalue weighted by Gasteiger charge is -2.09. The Morgan fingerprint density at radius 1 is 1.23 bits per heavy atom. The monoisotopic (exact) mass is 333 g/mol. The van der Waals surface area contributed by atoms with Gasteiger partial charge in [0, 0.05) is 29.6 Å². The van der Waals surface area contributed by atoms with Gasteiger partial charge in [-0.05, 0) is 13.8 Å². The highest BCUT2D eigenvalue weighted by atomic mass is 32.4. The Labute approximate surface area is 136 Å². The number of hydrogen-bond acceptors (Lipinski definition) is 4. The molecule has 0 fully saturated rings. The standard InChI is InChI=1S/C16H18N2O2PS/c1-12-11-17-10-9-15(12)20-21(22)18-13(2)16(19-3)14-7-5-4-6-8-14/h4-11H,1-3H3,(H,18,22)/q+1/b16-13+. The Morgan fingerprint density at radius 2 is 1.95 bits per heavy atom. The summed E-state index contributed by atoms with van der Waals surface area (Å²) in [5.74, 6) is 1.50. The molecular weight excluding hydrogens is 315 g/mol. The fourth-order valence-corrected chi connectivity index (χ4v) is 3.40. The molecule has 1 unspecified atom stereocenters. The van der Waals surface area contributed by atoms with Crippen LogP contribution < -0.4 is 9.61 Å². The van der Waals surface area contributed by atoms with Crippen LogP contribution in [0.2, 0.25) is 0 Å². The van der Waals surface area contributed by atoms with Crippen molar-refractivity contribution in [1.29, 1.82) is 0 Å². The molecule has 0 saturated carbocycles. The van der Waals surface area contributed by atoms with E-state index < -0.39 is 7.07 Å². The molecule has 1 atom stereocenters. The summed E-state index contributed by atoms with van der Waals surface area (Å²) in [4.78, 5) is 4.04. The number of aromatic nitrogens is 1. The van der Waals surface area contributed by atoms with Crippen molar-refractivity contribution < 1.29 is 9.26 Å². The number of allylic oxidation sites excluding steroid dienone is 1. The van der Waals surface area contributed by atoms with Crippen LogP contribution in [0.3, 0.4) is 0 Å². The molecule has 114 valence electrons. The number of pyridine rings is 1. The maximum atomic E-state index is 5.79. The van der Waals surface area contributed by atoms with Crippen LogP contribution in [-0.4, -0.2) is 12.1 Å². The lowest BCUT2D eigenvalue weighted by atomic mass is 10.1. The molecule has 1 aromatic carbocycles. The Bertz CT molecular complexity index is 690. The molecular formula is C16H18N2O2PS+. The first-order valence-electron chi connectivity index (χ1n) is 6.74. The van der Waals surface area contributed by atoms with Crippen LogP contribution in [0, 0.1) is 6.92 Å². The minimum atomic E-state index is -1.27. The number of hydrogen-bond donors (Lipinski definition) is 1. The first kappa shape index (κ1) is 16.4. The van der Waals surface area contributed by atoms with E-state index in [2.05, 4.69) is 10.1 Å². The van der Waals surface area contributed by atoms with Crippen LogP contribution in [0.1, 0.15) is 18.1 Å². The number of ether oxygens (including phenoxy) is 1. The van der Waals surface area contributed by atoms with Gasteiger partial charge in [0.1, 0.15) is 5.76 Å². The average molecular weight is 333 g/mol. The van der Waals surface area contributed by atoms with Crippen molar-refractivity contribution in [3.05, 3.63) is 65.6 Å². The van der Waals surface area contributed by atoms with Crippen molar-refractivity contribution >= 4 is 24.6 Å². The Morgan fingerprint density at radius 3 is 2.59 bits per heavy atom. The van der Waals surface area contributed by atoms with Crippen molar-refractivity contribution in [2.24, 2.45) is 0 Å². The van der Waals surface area contributed by atoms with E-state index in [9.17, 15) is 0 Å². The molecule has 2 rings (SSSR count). The molecule has 0 aliphatic heterocycles. The van der Waals surface area contributed by atoms with Crippen molar-refractivity contribution in [3.63, 3.8) is 0 Å². The summed E-state index contributed by atoms with van der Waals surface area (Å²) >= 11 is 5.39. The Kier molecular flexibility index (Phi) is 5.87. The van der Waals surface area contributed by atoms with Crippen LogP contribution in [-0.2, 0) is 16.5 Å². The van der Waals surface area contributed by atoms with E-state index in [0.29, 0.717) is 0 Å². The third-order valence-corrected chi connectivity index (χ3v) is 4.37. The highest BCUT2D eigenvalue weighted by Crippen LogP contribution is 2.29. The predicted octanol–water partition coefficient (Wildman–Crippen LogP) is 4.17. The number of nitrogens with zero attached hydrogens (tertiary/aromatic N) is 1. The molecule has 0 spiro atoms. The summed E-state index contributed by atoms with van der Waals surface area (Å²) < 4.78 is 11.3. The molecule has 0 bridgehead atoms. The Hall–Kier alpha value is -1.97. The molecule has 1 N–H and O–H groups in total. The normalized spacial score (nSPS) is 12.2. The fourth-order valence-electron chi connectivity index (χ4n) is 1.94. The summed E-state index contributed by atoms with van der Waals surface area (Å²) in [6.07, 6.45) is 3.44. The van der Waals surface area contributed by atoms with Crippen molar-refractivity contribution in [2.75, 3.05) is 7.11 Å². The third kappa shape index (κ3) is 4.26. The summed E-state index contributed by atoms with van der Waals surface area (Å²) in [7, 11) is 0.373. The van der Waals surface area contributed by atoms with Crippen LogP contribution >= 0.6 is 7.07 Å².